The molecule has 0 aliphatic heterocycles. The van der Waals surface area contributed by atoms with Gasteiger partial charge in [-0.05, 0) is 43.3 Å². The van der Waals surface area contributed by atoms with Crippen molar-refractivity contribution in [3.05, 3.63) is 48.3 Å². The van der Waals surface area contributed by atoms with Crippen molar-refractivity contribution in [1.29, 1.82) is 0 Å². The van der Waals surface area contributed by atoms with Crippen LogP contribution in [0.5, 0.6) is 5.75 Å². The highest BCUT2D eigenvalue weighted by Gasteiger charge is 2.14. The number of ether oxygens (including phenoxy) is 2. The van der Waals surface area contributed by atoms with Crippen molar-refractivity contribution in [2.24, 2.45) is 0 Å². The SMILES string of the molecule is COC(=O)[C@H](C)Oc1ccc(-n2cccc2C=O)cc1. The Bertz CT molecular complexity index is 601. The molecule has 0 saturated heterocycles. The van der Waals surface area contributed by atoms with Crippen LogP contribution in [0.1, 0.15) is 17.4 Å². The first-order valence-corrected chi connectivity index (χ1v) is 6.13. The Hall–Kier alpha value is -2.56. The normalized spacial score (nSPS) is 11.7. The van der Waals surface area contributed by atoms with E-state index in [9.17, 15) is 9.59 Å². The highest BCUT2D eigenvalue weighted by atomic mass is 16.6. The molecule has 104 valence electrons. The van der Waals surface area contributed by atoms with Crippen LogP contribution in [0.25, 0.3) is 5.69 Å². The van der Waals surface area contributed by atoms with Crippen molar-refractivity contribution in [2.75, 3.05) is 7.11 Å². The molecule has 5 nitrogen and oxygen atoms in total. The summed E-state index contributed by atoms with van der Waals surface area (Å²) in [5, 5.41) is 0. The molecule has 0 aliphatic carbocycles. The number of rotatable bonds is 5. The molecule has 0 saturated carbocycles. The third kappa shape index (κ3) is 2.88. The minimum Gasteiger partial charge on any atom is -0.479 e. The summed E-state index contributed by atoms with van der Waals surface area (Å²) in [6.07, 6.45) is 1.93. The van der Waals surface area contributed by atoms with E-state index in [4.69, 9.17) is 4.74 Å². The van der Waals surface area contributed by atoms with Crippen molar-refractivity contribution in [3.63, 3.8) is 0 Å². The molecular weight excluding hydrogens is 258 g/mol. The van der Waals surface area contributed by atoms with Gasteiger partial charge in [0.1, 0.15) is 5.75 Å². The predicted octanol–water partition coefficient (Wildman–Crippen LogP) is 2.23. The number of hydrogen-bond acceptors (Lipinski definition) is 4. The van der Waals surface area contributed by atoms with Gasteiger partial charge in [-0.2, -0.15) is 0 Å². The molecule has 20 heavy (non-hydrogen) atoms. The van der Waals surface area contributed by atoms with Gasteiger partial charge in [0.15, 0.2) is 12.4 Å². The zero-order valence-corrected chi connectivity index (χ0v) is 11.3. The van der Waals surface area contributed by atoms with Crippen molar-refractivity contribution < 1.29 is 19.1 Å². The molecule has 0 unspecified atom stereocenters. The molecule has 2 aromatic rings. The Labute approximate surface area is 116 Å². The summed E-state index contributed by atoms with van der Waals surface area (Å²) in [7, 11) is 1.32. The van der Waals surface area contributed by atoms with Gasteiger partial charge in [-0.25, -0.2) is 4.79 Å². The lowest BCUT2D eigenvalue weighted by molar-refractivity contribution is -0.147. The summed E-state index contributed by atoms with van der Waals surface area (Å²) in [5.74, 6) is 0.134. The van der Waals surface area contributed by atoms with Crippen LogP contribution in [0.15, 0.2) is 42.6 Å². The Morgan fingerprint density at radius 1 is 1.25 bits per heavy atom. The zero-order valence-electron chi connectivity index (χ0n) is 11.3. The summed E-state index contributed by atoms with van der Waals surface area (Å²) in [6.45, 7) is 1.62. The van der Waals surface area contributed by atoms with Gasteiger partial charge in [0.05, 0.1) is 12.8 Å². The lowest BCUT2D eigenvalue weighted by Crippen LogP contribution is -2.24. The maximum Gasteiger partial charge on any atom is 0.346 e. The second-order valence-corrected chi connectivity index (χ2v) is 4.20. The number of carbonyl (C=O) groups is 2. The van der Waals surface area contributed by atoms with Crippen LogP contribution in [0.3, 0.4) is 0 Å². The number of hydrogen-bond donors (Lipinski definition) is 0. The third-order valence-corrected chi connectivity index (χ3v) is 2.86. The maximum absolute atomic E-state index is 11.3. The fraction of sp³-hybridized carbons (Fsp3) is 0.200. The van der Waals surface area contributed by atoms with Crippen molar-refractivity contribution in [2.45, 2.75) is 13.0 Å². The molecule has 1 aromatic heterocycles. The Kier molecular flexibility index (Phi) is 4.20. The largest absolute Gasteiger partial charge is 0.479 e. The van der Waals surface area contributed by atoms with E-state index in [-0.39, 0.29) is 0 Å². The van der Waals surface area contributed by atoms with Gasteiger partial charge in [0.2, 0.25) is 0 Å². The summed E-state index contributed by atoms with van der Waals surface area (Å²) in [5.41, 5.74) is 1.41. The van der Waals surface area contributed by atoms with Gasteiger partial charge < -0.3 is 14.0 Å². The van der Waals surface area contributed by atoms with Crippen LogP contribution in [-0.4, -0.2) is 30.0 Å². The first-order valence-electron chi connectivity index (χ1n) is 6.13. The smallest absolute Gasteiger partial charge is 0.346 e. The first-order chi connectivity index (χ1) is 9.65. The van der Waals surface area contributed by atoms with Crippen LogP contribution in [-0.2, 0) is 9.53 Å². The van der Waals surface area contributed by atoms with Crippen molar-refractivity contribution in [3.8, 4) is 11.4 Å². The van der Waals surface area contributed by atoms with E-state index in [0.29, 0.717) is 11.4 Å². The predicted molar refractivity (Wildman–Crippen MR) is 73.3 cm³/mol. The molecular formula is C15H15NO4. The van der Waals surface area contributed by atoms with E-state index in [2.05, 4.69) is 4.74 Å². The molecule has 0 amide bonds. The van der Waals surface area contributed by atoms with E-state index < -0.39 is 12.1 Å². The van der Waals surface area contributed by atoms with E-state index in [1.807, 2.05) is 12.1 Å². The van der Waals surface area contributed by atoms with Crippen molar-refractivity contribution >= 4 is 12.3 Å². The minimum absolute atomic E-state index is 0.428. The number of aromatic nitrogens is 1. The lowest BCUT2D eigenvalue weighted by atomic mass is 10.3. The number of nitrogens with zero attached hydrogens (tertiary/aromatic N) is 1. The molecule has 0 aliphatic rings. The molecule has 0 fully saturated rings. The topological polar surface area (TPSA) is 57.5 Å². The van der Waals surface area contributed by atoms with Crippen LogP contribution in [0.4, 0.5) is 0 Å². The Morgan fingerprint density at radius 3 is 2.55 bits per heavy atom. The fourth-order valence-corrected chi connectivity index (χ4v) is 1.83. The number of carbonyl (C=O) groups excluding carboxylic acids is 2. The lowest BCUT2D eigenvalue weighted by Gasteiger charge is -2.13. The van der Waals surface area contributed by atoms with Crippen LogP contribution < -0.4 is 4.74 Å². The summed E-state index contributed by atoms with van der Waals surface area (Å²) < 4.78 is 11.8. The van der Waals surface area contributed by atoms with Gasteiger partial charge in [-0.3, -0.25) is 4.79 Å². The molecule has 0 spiro atoms. The molecule has 5 heteroatoms. The first kappa shape index (κ1) is 13.9. The minimum atomic E-state index is -0.664. The second-order valence-electron chi connectivity index (χ2n) is 4.20. The molecule has 0 bridgehead atoms. The second kappa shape index (κ2) is 6.06. The Morgan fingerprint density at radius 2 is 1.95 bits per heavy atom. The van der Waals surface area contributed by atoms with Crippen LogP contribution in [0, 0.1) is 0 Å². The van der Waals surface area contributed by atoms with E-state index in [1.165, 1.54) is 7.11 Å². The third-order valence-electron chi connectivity index (χ3n) is 2.86. The zero-order chi connectivity index (χ0) is 14.5. The molecule has 0 radical (unpaired) electrons. The van der Waals surface area contributed by atoms with Gasteiger partial charge in [-0.1, -0.05) is 0 Å². The van der Waals surface area contributed by atoms with Gasteiger partial charge in [0.25, 0.3) is 0 Å². The molecule has 2 rings (SSSR count). The summed E-state index contributed by atoms with van der Waals surface area (Å²) in [6, 6.07) is 10.6. The standard InChI is InChI=1S/C15H15NO4/c1-11(15(18)19-2)20-14-7-5-12(6-8-14)16-9-3-4-13(16)10-17/h3-11H,1-2H3/t11-/m0/s1. The van der Waals surface area contributed by atoms with Crippen molar-refractivity contribution in [1.82, 2.24) is 4.57 Å². The van der Waals surface area contributed by atoms with Crippen LogP contribution >= 0.6 is 0 Å². The summed E-state index contributed by atoms with van der Waals surface area (Å²) in [4.78, 5) is 22.1. The fourth-order valence-electron chi connectivity index (χ4n) is 1.83. The van der Waals surface area contributed by atoms with E-state index in [1.54, 1.807) is 42.0 Å². The monoisotopic (exact) mass is 273 g/mol. The highest BCUT2D eigenvalue weighted by molar-refractivity contribution is 5.74. The van der Waals surface area contributed by atoms with Gasteiger partial charge in [-0.15, -0.1) is 0 Å². The number of benzene rings is 1. The van der Waals surface area contributed by atoms with E-state index in [0.717, 1.165) is 12.0 Å². The number of aldehydes is 1. The quantitative estimate of drug-likeness (QED) is 0.619. The van der Waals surface area contributed by atoms with Gasteiger partial charge in [0, 0.05) is 11.9 Å². The summed E-state index contributed by atoms with van der Waals surface area (Å²) >= 11 is 0. The number of esters is 1. The molecule has 1 heterocycles. The molecule has 1 aromatic carbocycles. The molecule has 1 atom stereocenters. The highest BCUT2D eigenvalue weighted by Crippen LogP contribution is 2.18. The van der Waals surface area contributed by atoms with Crippen LogP contribution in [0.2, 0.25) is 0 Å². The average Bonchev–Trinajstić information content (AvgIpc) is 2.95. The maximum atomic E-state index is 11.3. The van der Waals surface area contributed by atoms with E-state index >= 15 is 0 Å². The van der Waals surface area contributed by atoms with Gasteiger partial charge >= 0.3 is 5.97 Å². The Balaban J connectivity index is 2.14. The molecule has 0 N–H and O–H groups in total. The number of methoxy groups -OCH3 is 1. The average molecular weight is 273 g/mol.